The van der Waals surface area contributed by atoms with Gasteiger partial charge in [-0.05, 0) is 59.2 Å². The molecule has 0 heterocycles. The van der Waals surface area contributed by atoms with E-state index >= 15 is 0 Å². The molecule has 17 heavy (non-hydrogen) atoms. The standard InChI is InChI=1S/C14H22INO/c1-4-16-14(11(2)9-10-17-3)12-5-7-13(15)8-6-12/h5-8,11,14,16H,4,9-10H2,1-3H3. The average Bonchev–Trinajstić information content (AvgIpc) is 2.34. The molecule has 1 aromatic carbocycles. The highest BCUT2D eigenvalue weighted by Gasteiger charge is 2.17. The first kappa shape index (κ1) is 14.9. The Balaban J connectivity index is 2.73. The summed E-state index contributed by atoms with van der Waals surface area (Å²) in [7, 11) is 1.76. The fourth-order valence-corrected chi connectivity index (χ4v) is 2.37. The van der Waals surface area contributed by atoms with Crippen molar-refractivity contribution in [1.29, 1.82) is 0 Å². The van der Waals surface area contributed by atoms with E-state index in [1.54, 1.807) is 7.11 Å². The number of hydrogen-bond donors (Lipinski definition) is 1. The van der Waals surface area contributed by atoms with E-state index in [9.17, 15) is 0 Å². The van der Waals surface area contributed by atoms with Gasteiger partial charge < -0.3 is 10.1 Å². The molecule has 0 aliphatic carbocycles. The summed E-state index contributed by atoms with van der Waals surface area (Å²) in [4.78, 5) is 0. The van der Waals surface area contributed by atoms with Gasteiger partial charge in [0.2, 0.25) is 0 Å². The number of benzene rings is 1. The quantitative estimate of drug-likeness (QED) is 0.761. The minimum Gasteiger partial charge on any atom is -0.385 e. The van der Waals surface area contributed by atoms with Crippen molar-refractivity contribution in [1.82, 2.24) is 5.32 Å². The Morgan fingerprint density at radius 2 is 1.94 bits per heavy atom. The smallest absolute Gasteiger partial charge is 0.0465 e. The number of ether oxygens (including phenoxy) is 1. The van der Waals surface area contributed by atoms with E-state index in [4.69, 9.17) is 4.74 Å². The van der Waals surface area contributed by atoms with Crippen molar-refractivity contribution in [3.63, 3.8) is 0 Å². The van der Waals surface area contributed by atoms with Crippen molar-refractivity contribution in [2.45, 2.75) is 26.3 Å². The lowest BCUT2D eigenvalue weighted by molar-refractivity contribution is 0.170. The molecule has 0 aliphatic heterocycles. The molecule has 0 fully saturated rings. The summed E-state index contributed by atoms with van der Waals surface area (Å²) in [5.41, 5.74) is 1.37. The lowest BCUT2D eigenvalue weighted by Gasteiger charge is -2.25. The van der Waals surface area contributed by atoms with Gasteiger partial charge in [-0.15, -0.1) is 0 Å². The van der Waals surface area contributed by atoms with Crippen LogP contribution in [0, 0.1) is 9.49 Å². The van der Waals surface area contributed by atoms with Gasteiger partial charge in [-0.3, -0.25) is 0 Å². The van der Waals surface area contributed by atoms with Crippen LogP contribution in [0.25, 0.3) is 0 Å². The van der Waals surface area contributed by atoms with Crippen LogP contribution in [0.2, 0.25) is 0 Å². The van der Waals surface area contributed by atoms with Crippen molar-refractivity contribution in [2.75, 3.05) is 20.3 Å². The molecule has 0 aromatic heterocycles. The molecule has 0 saturated carbocycles. The summed E-state index contributed by atoms with van der Waals surface area (Å²) < 4.78 is 6.45. The molecular formula is C14H22INO. The average molecular weight is 347 g/mol. The van der Waals surface area contributed by atoms with Crippen LogP contribution in [0.3, 0.4) is 0 Å². The molecule has 2 nitrogen and oxygen atoms in total. The van der Waals surface area contributed by atoms with E-state index in [1.807, 2.05) is 0 Å². The first-order valence-corrected chi connectivity index (χ1v) is 7.24. The van der Waals surface area contributed by atoms with Gasteiger partial charge in [-0.25, -0.2) is 0 Å². The molecule has 1 aromatic rings. The zero-order valence-electron chi connectivity index (χ0n) is 10.9. The Morgan fingerprint density at radius 3 is 2.47 bits per heavy atom. The minimum atomic E-state index is 0.423. The normalized spacial score (nSPS) is 14.6. The fraction of sp³-hybridized carbons (Fsp3) is 0.571. The molecule has 2 unspecified atom stereocenters. The second kappa shape index (κ2) is 8.06. The van der Waals surface area contributed by atoms with Crippen LogP contribution in [0.4, 0.5) is 0 Å². The summed E-state index contributed by atoms with van der Waals surface area (Å²) >= 11 is 2.34. The topological polar surface area (TPSA) is 21.3 Å². The second-order valence-electron chi connectivity index (χ2n) is 4.35. The van der Waals surface area contributed by atoms with Crippen LogP contribution in [-0.4, -0.2) is 20.3 Å². The lowest BCUT2D eigenvalue weighted by Crippen LogP contribution is -2.27. The van der Waals surface area contributed by atoms with Crippen molar-refractivity contribution < 1.29 is 4.74 Å². The Morgan fingerprint density at radius 1 is 1.29 bits per heavy atom. The van der Waals surface area contributed by atoms with Crippen molar-refractivity contribution >= 4 is 22.6 Å². The van der Waals surface area contributed by atoms with Crippen molar-refractivity contribution in [3.8, 4) is 0 Å². The van der Waals surface area contributed by atoms with Crippen LogP contribution < -0.4 is 5.32 Å². The van der Waals surface area contributed by atoms with Gasteiger partial charge >= 0.3 is 0 Å². The number of halogens is 1. The first-order valence-electron chi connectivity index (χ1n) is 6.16. The molecule has 0 radical (unpaired) electrons. The van der Waals surface area contributed by atoms with E-state index in [0.29, 0.717) is 12.0 Å². The monoisotopic (exact) mass is 347 g/mol. The van der Waals surface area contributed by atoms with Crippen LogP contribution in [0.5, 0.6) is 0 Å². The van der Waals surface area contributed by atoms with Crippen molar-refractivity contribution in [2.24, 2.45) is 5.92 Å². The third-order valence-corrected chi connectivity index (χ3v) is 3.72. The first-order chi connectivity index (χ1) is 8.19. The molecule has 0 bridgehead atoms. The van der Waals surface area contributed by atoms with Crippen LogP contribution >= 0.6 is 22.6 Å². The zero-order valence-corrected chi connectivity index (χ0v) is 13.0. The molecule has 1 N–H and O–H groups in total. The minimum absolute atomic E-state index is 0.423. The summed E-state index contributed by atoms with van der Waals surface area (Å²) in [6.07, 6.45) is 1.08. The Labute approximate surface area is 118 Å². The largest absolute Gasteiger partial charge is 0.385 e. The highest BCUT2D eigenvalue weighted by atomic mass is 127. The number of rotatable bonds is 7. The molecule has 0 aliphatic rings. The fourth-order valence-electron chi connectivity index (χ4n) is 2.01. The summed E-state index contributed by atoms with van der Waals surface area (Å²) in [5, 5.41) is 3.57. The predicted octanol–water partition coefficient (Wildman–Crippen LogP) is 3.61. The maximum atomic E-state index is 5.17. The van der Waals surface area contributed by atoms with Gasteiger partial charge in [-0.1, -0.05) is 26.0 Å². The molecule has 0 amide bonds. The third kappa shape index (κ3) is 4.94. The van der Waals surface area contributed by atoms with Gasteiger partial charge in [0, 0.05) is 23.3 Å². The molecular weight excluding hydrogens is 325 g/mol. The molecule has 0 saturated heterocycles. The zero-order chi connectivity index (χ0) is 12.7. The predicted molar refractivity (Wildman–Crippen MR) is 81.2 cm³/mol. The molecule has 1 rings (SSSR count). The van der Waals surface area contributed by atoms with Gasteiger partial charge in [0.15, 0.2) is 0 Å². The summed E-state index contributed by atoms with van der Waals surface area (Å²) in [6.45, 7) is 6.26. The van der Waals surface area contributed by atoms with E-state index in [-0.39, 0.29) is 0 Å². The van der Waals surface area contributed by atoms with E-state index in [2.05, 4.69) is 66.0 Å². The second-order valence-corrected chi connectivity index (χ2v) is 5.59. The van der Waals surface area contributed by atoms with Gasteiger partial charge in [-0.2, -0.15) is 0 Å². The molecule has 3 heteroatoms. The highest BCUT2D eigenvalue weighted by molar-refractivity contribution is 14.1. The Kier molecular flexibility index (Phi) is 7.08. The SMILES string of the molecule is CCNC(c1ccc(I)cc1)C(C)CCOC. The number of hydrogen-bond acceptors (Lipinski definition) is 2. The van der Waals surface area contributed by atoms with Crippen molar-refractivity contribution in [3.05, 3.63) is 33.4 Å². The van der Waals surface area contributed by atoms with E-state index in [0.717, 1.165) is 19.6 Å². The molecule has 96 valence electrons. The van der Waals surface area contributed by atoms with Crippen LogP contribution in [0.1, 0.15) is 31.9 Å². The Hall–Kier alpha value is -0.130. The highest BCUT2D eigenvalue weighted by Crippen LogP contribution is 2.25. The summed E-state index contributed by atoms with van der Waals surface area (Å²) in [5.74, 6) is 0.579. The Bertz CT molecular complexity index is 313. The van der Waals surface area contributed by atoms with E-state index in [1.165, 1.54) is 9.13 Å². The third-order valence-electron chi connectivity index (χ3n) is 3.00. The van der Waals surface area contributed by atoms with Gasteiger partial charge in [0.25, 0.3) is 0 Å². The number of methoxy groups -OCH3 is 1. The maximum Gasteiger partial charge on any atom is 0.0465 e. The van der Waals surface area contributed by atoms with Gasteiger partial charge in [0.05, 0.1) is 0 Å². The lowest BCUT2D eigenvalue weighted by atomic mass is 9.92. The molecule has 0 spiro atoms. The van der Waals surface area contributed by atoms with Crippen LogP contribution in [-0.2, 0) is 4.74 Å². The maximum absolute atomic E-state index is 5.17. The van der Waals surface area contributed by atoms with Crippen LogP contribution in [0.15, 0.2) is 24.3 Å². The van der Waals surface area contributed by atoms with E-state index < -0.39 is 0 Å². The van der Waals surface area contributed by atoms with Gasteiger partial charge in [0.1, 0.15) is 0 Å². The molecule has 2 atom stereocenters. The number of nitrogens with one attached hydrogen (secondary N) is 1. The summed E-state index contributed by atoms with van der Waals surface area (Å²) in [6, 6.07) is 9.20.